The zero-order valence-electron chi connectivity index (χ0n) is 18.4. The van der Waals surface area contributed by atoms with Crippen LogP contribution < -0.4 is 5.32 Å². The summed E-state index contributed by atoms with van der Waals surface area (Å²) in [6, 6.07) is 16.0. The summed E-state index contributed by atoms with van der Waals surface area (Å²) in [4.78, 5) is 33.3. The van der Waals surface area contributed by atoms with Crippen molar-refractivity contribution in [2.45, 2.75) is 32.2 Å². The number of aryl methyl sites for hydroxylation is 2. The number of carbonyl (C=O) groups is 2. The van der Waals surface area contributed by atoms with E-state index >= 15 is 0 Å². The van der Waals surface area contributed by atoms with Gasteiger partial charge in [-0.05, 0) is 42.9 Å². The van der Waals surface area contributed by atoms with Gasteiger partial charge in [-0.2, -0.15) is 0 Å². The molecule has 2 heterocycles. The van der Waals surface area contributed by atoms with Gasteiger partial charge in [-0.3, -0.25) is 14.5 Å². The van der Waals surface area contributed by atoms with Gasteiger partial charge in [0.2, 0.25) is 5.91 Å². The molecule has 2 aliphatic rings. The van der Waals surface area contributed by atoms with E-state index in [-0.39, 0.29) is 11.8 Å². The second-order valence-electron chi connectivity index (χ2n) is 8.85. The van der Waals surface area contributed by atoms with Crippen molar-refractivity contribution in [3.05, 3.63) is 70.9 Å². The highest BCUT2D eigenvalue weighted by Crippen LogP contribution is 2.31. The fourth-order valence-electron chi connectivity index (χ4n) is 4.94. The number of fused-ring (bicyclic) bond motifs is 3. The monoisotopic (exact) mass is 430 g/mol. The Bertz CT molecular complexity index is 1110. The first-order valence-corrected chi connectivity index (χ1v) is 11.6. The van der Waals surface area contributed by atoms with Crippen molar-refractivity contribution in [2.24, 2.45) is 0 Å². The Hall–Kier alpha value is -3.12. The van der Waals surface area contributed by atoms with E-state index in [2.05, 4.69) is 21.3 Å². The molecule has 1 aliphatic heterocycles. The normalized spacial score (nSPS) is 16.7. The first kappa shape index (κ1) is 20.8. The summed E-state index contributed by atoms with van der Waals surface area (Å²) in [5, 5.41) is 4.19. The number of amides is 2. The van der Waals surface area contributed by atoms with E-state index in [0.29, 0.717) is 39.3 Å². The van der Waals surface area contributed by atoms with Crippen LogP contribution in [0.25, 0.3) is 10.9 Å². The number of hydrogen-bond acceptors (Lipinski definition) is 3. The molecule has 3 aromatic rings. The largest absolute Gasteiger partial charge is 0.358 e. The van der Waals surface area contributed by atoms with Crippen LogP contribution in [-0.2, 0) is 24.2 Å². The highest BCUT2D eigenvalue weighted by atomic mass is 16.2. The topological polar surface area (TPSA) is 68.4 Å². The fourth-order valence-corrected chi connectivity index (χ4v) is 4.94. The Morgan fingerprint density at radius 1 is 0.906 bits per heavy atom. The molecule has 1 fully saturated rings. The van der Waals surface area contributed by atoms with Crippen LogP contribution in [0.1, 0.15) is 40.0 Å². The van der Waals surface area contributed by atoms with Crippen LogP contribution in [0, 0.1) is 0 Å². The number of aromatic nitrogens is 1. The highest BCUT2D eigenvalue weighted by Gasteiger charge is 2.26. The first-order chi connectivity index (χ1) is 15.7. The number of rotatable bonds is 5. The zero-order valence-corrected chi connectivity index (χ0v) is 18.4. The van der Waals surface area contributed by atoms with Gasteiger partial charge in [-0.1, -0.05) is 42.5 Å². The van der Waals surface area contributed by atoms with Crippen LogP contribution in [0.5, 0.6) is 0 Å². The minimum atomic E-state index is 0.0235. The molecule has 2 N–H and O–H groups in total. The van der Waals surface area contributed by atoms with Gasteiger partial charge in [0.15, 0.2) is 0 Å². The number of carbonyl (C=O) groups excluding carboxylic acids is 2. The quantitative estimate of drug-likeness (QED) is 0.654. The number of hydrogen-bond donors (Lipinski definition) is 2. The van der Waals surface area contributed by atoms with Crippen LogP contribution in [0.2, 0.25) is 0 Å². The van der Waals surface area contributed by atoms with E-state index in [1.54, 1.807) is 0 Å². The summed E-state index contributed by atoms with van der Waals surface area (Å²) in [6.45, 7) is 3.61. The minimum absolute atomic E-state index is 0.0235. The summed E-state index contributed by atoms with van der Waals surface area (Å²) in [6.07, 6.45) is 4.60. The summed E-state index contributed by atoms with van der Waals surface area (Å²) < 4.78 is 0. The lowest BCUT2D eigenvalue weighted by molar-refractivity contribution is -0.122. The maximum Gasteiger partial charge on any atom is 0.256 e. The van der Waals surface area contributed by atoms with Crippen LogP contribution >= 0.6 is 0 Å². The number of nitrogens with one attached hydrogen (secondary N) is 2. The number of nitrogens with zero attached hydrogens (tertiary/aromatic N) is 2. The first-order valence-electron chi connectivity index (χ1n) is 11.6. The van der Waals surface area contributed by atoms with Gasteiger partial charge < -0.3 is 15.2 Å². The molecule has 6 heteroatoms. The molecule has 0 atom stereocenters. The molecule has 1 saturated heterocycles. The molecule has 6 nitrogen and oxygen atoms in total. The number of aromatic amines is 1. The van der Waals surface area contributed by atoms with E-state index in [9.17, 15) is 9.59 Å². The molecule has 0 saturated carbocycles. The van der Waals surface area contributed by atoms with Gasteiger partial charge in [0.25, 0.3) is 5.91 Å². The van der Waals surface area contributed by atoms with Crippen LogP contribution in [0.4, 0.5) is 0 Å². The van der Waals surface area contributed by atoms with Gasteiger partial charge in [-0.15, -0.1) is 0 Å². The van der Waals surface area contributed by atoms with E-state index in [4.69, 9.17) is 0 Å². The lowest BCUT2D eigenvalue weighted by Crippen LogP contribution is -2.51. The van der Waals surface area contributed by atoms with Gasteiger partial charge in [0.05, 0.1) is 17.6 Å². The molecule has 0 spiro atoms. The van der Waals surface area contributed by atoms with Gasteiger partial charge in [0, 0.05) is 43.8 Å². The predicted octanol–water partition coefficient (Wildman–Crippen LogP) is 3.12. The van der Waals surface area contributed by atoms with Crippen molar-refractivity contribution >= 4 is 22.7 Å². The SMILES string of the molecule is O=C(CN1CCN(C(=O)c2cccc3c4c([nH]c23)CCCC4)CC1)NCc1ccccc1. The molecular weight excluding hydrogens is 400 g/mol. The molecule has 0 radical (unpaired) electrons. The molecule has 1 aromatic heterocycles. The molecule has 0 bridgehead atoms. The number of benzene rings is 2. The van der Waals surface area contributed by atoms with Gasteiger partial charge in [-0.25, -0.2) is 0 Å². The van der Waals surface area contributed by atoms with E-state index in [0.717, 1.165) is 29.5 Å². The molecule has 2 aromatic carbocycles. The Labute approximate surface area is 188 Å². The summed E-state index contributed by atoms with van der Waals surface area (Å²) in [5.74, 6) is 0.109. The Morgan fingerprint density at radius 3 is 2.50 bits per heavy atom. The predicted molar refractivity (Wildman–Crippen MR) is 126 cm³/mol. The number of para-hydroxylation sites is 1. The Balaban J connectivity index is 1.18. The lowest BCUT2D eigenvalue weighted by Gasteiger charge is -2.34. The third-order valence-electron chi connectivity index (χ3n) is 6.72. The van der Waals surface area contributed by atoms with Crippen LogP contribution in [0.15, 0.2) is 48.5 Å². The average Bonchev–Trinajstić information content (AvgIpc) is 3.22. The number of H-pyrrole nitrogens is 1. The van der Waals surface area contributed by atoms with Gasteiger partial charge >= 0.3 is 0 Å². The third kappa shape index (κ3) is 4.28. The van der Waals surface area contributed by atoms with Crippen molar-refractivity contribution in [3.63, 3.8) is 0 Å². The smallest absolute Gasteiger partial charge is 0.256 e. The Morgan fingerprint density at radius 2 is 1.69 bits per heavy atom. The maximum absolute atomic E-state index is 13.3. The van der Waals surface area contributed by atoms with Crippen molar-refractivity contribution in [2.75, 3.05) is 32.7 Å². The van der Waals surface area contributed by atoms with Crippen molar-refractivity contribution in [1.29, 1.82) is 0 Å². The Kier molecular flexibility index (Phi) is 5.95. The molecule has 2 amide bonds. The minimum Gasteiger partial charge on any atom is -0.358 e. The van der Waals surface area contributed by atoms with Crippen molar-refractivity contribution in [1.82, 2.24) is 20.1 Å². The maximum atomic E-state index is 13.3. The lowest BCUT2D eigenvalue weighted by atomic mass is 9.95. The number of piperazine rings is 1. The average molecular weight is 431 g/mol. The molecule has 1 aliphatic carbocycles. The standard InChI is InChI=1S/C26H30N4O2/c31-24(27-17-19-7-2-1-3-8-19)18-29-13-15-30(16-14-29)26(32)22-11-6-10-21-20-9-4-5-12-23(20)28-25(21)22/h1-3,6-8,10-11,28H,4-5,9,12-18H2,(H,27,31). The van der Waals surface area contributed by atoms with Crippen molar-refractivity contribution in [3.8, 4) is 0 Å². The third-order valence-corrected chi connectivity index (χ3v) is 6.72. The highest BCUT2D eigenvalue weighted by molar-refractivity contribution is 6.06. The van der Waals surface area contributed by atoms with E-state index < -0.39 is 0 Å². The van der Waals surface area contributed by atoms with Crippen LogP contribution in [-0.4, -0.2) is 59.3 Å². The molecule has 0 unspecified atom stereocenters. The fraction of sp³-hybridized carbons (Fsp3) is 0.385. The molecule has 166 valence electrons. The summed E-state index contributed by atoms with van der Waals surface area (Å²) >= 11 is 0. The van der Waals surface area contributed by atoms with E-state index in [1.807, 2.05) is 47.4 Å². The molecule has 32 heavy (non-hydrogen) atoms. The van der Waals surface area contributed by atoms with Crippen LogP contribution in [0.3, 0.4) is 0 Å². The second kappa shape index (κ2) is 9.17. The second-order valence-corrected chi connectivity index (χ2v) is 8.85. The van der Waals surface area contributed by atoms with E-state index in [1.165, 1.54) is 29.5 Å². The van der Waals surface area contributed by atoms with Gasteiger partial charge in [0.1, 0.15) is 0 Å². The molecular formula is C26H30N4O2. The zero-order chi connectivity index (χ0) is 21.9. The summed E-state index contributed by atoms with van der Waals surface area (Å²) in [7, 11) is 0. The summed E-state index contributed by atoms with van der Waals surface area (Å²) in [5.41, 5.74) is 5.56. The van der Waals surface area contributed by atoms with Crippen molar-refractivity contribution < 1.29 is 9.59 Å². The molecule has 5 rings (SSSR count).